The second-order valence-electron chi connectivity index (χ2n) is 3.88. The number of aliphatic hydroxyl groups excluding tert-OH is 1. The van der Waals surface area contributed by atoms with Crippen LogP contribution in [0.1, 0.15) is 13.3 Å². The summed E-state index contributed by atoms with van der Waals surface area (Å²) >= 11 is 0. The monoisotopic (exact) mass is 275 g/mol. The molecule has 0 saturated carbocycles. The zero-order valence-electron chi connectivity index (χ0n) is 10.8. The number of carbonyl (C=O) groups excluding carboxylic acids is 3. The van der Waals surface area contributed by atoms with Gasteiger partial charge in [0, 0.05) is 0 Å². The summed E-state index contributed by atoms with van der Waals surface area (Å²) in [5.41, 5.74) is 0. The summed E-state index contributed by atoms with van der Waals surface area (Å²) in [5.74, 6) is -1.95. The molecule has 1 rings (SSSR count). The molecule has 0 spiro atoms. The lowest BCUT2D eigenvalue weighted by atomic mass is 10.3. The number of epoxide rings is 1. The number of ether oxygens (including phenoxy) is 3. The maximum absolute atomic E-state index is 11.4. The van der Waals surface area contributed by atoms with Gasteiger partial charge in [0.15, 0.2) is 18.5 Å². The molecule has 8 nitrogen and oxygen atoms in total. The normalized spacial score (nSPS) is 22.5. The third kappa shape index (κ3) is 4.93. The topological polar surface area (TPSA) is 114 Å². The van der Waals surface area contributed by atoms with E-state index in [9.17, 15) is 19.5 Å². The summed E-state index contributed by atoms with van der Waals surface area (Å²) < 4.78 is 14.1. The van der Waals surface area contributed by atoms with E-state index in [2.05, 4.69) is 14.8 Å². The van der Waals surface area contributed by atoms with E-state index >= 15 is 0 Å². The second-order valence-corrected chi connectivity index (χ2v) is 3.88. The number of hydrogen-bond acceptors (Lipinski definition) is 8. The highest BCUT2D eigenvalue weighted by Gasteiger charge is 2.50. The van der Waals surface area contributed by atoms with Crippen LogP contribution in [0.25, 0.3) is 0 Å². The summed E-state index contributed by atoms with van der Waals surface area (Å²) in [7, 11) is 1.51. The van der Waals surface area contributed by atoms with Crippen LogP contribution in [0.4, 0.5) is 0 Å². The van der Waals surface area contributed by atoms with Gasteiger partial charge in [-0.1, -0.05) is 0 Å². The van der Waals surface area contributed by atoms with Gasteiger partial charge in [-0.05, 0) is 14.0 Å². The lowest BCUT2D eigenvalue weighted by Crippen LogP contribution is -2.33. The van der Waals surface area contributed by atoms with Gasteiger partial charge in [0.05, 0.1) is 6.61 Å². The zero-order chi connectivity index (χ0) is 14.4. The molecule has 1 aliphatic heterocycles. The molecular formula is C11H17NO7. The predicted octanol–water partition coefficient (Wildman–Crippen LogP) is -1.64. The van der Waals surface area contributed by atoms with Crippen molar-refractivity contribution in [2.45, 2.75) is 31.8 Å². The van der Waals surface area contributed by atoms with Crippen LogP contribution < -0.4 is 5.32 Å². The van der Waals surface area contributed by atoms with E-state index in [-0.39, 0.29) is 6.61 Å². The van der Waals surface area contributed by atoms with Crippen LogP contribution in [0.3, 0.4) is 0 Å². The van der Waals surface area contributed by atoms with Crippen molar-refractivity contribution >= 4 is 17.7 Å². The van der Waals surface area contributed by atoms with Crippen LogP contribution in [0, 0.1) is 0 Å². The Morgan fingerprint density at radius 1 is 1.37 bits per heavy atom. The summed E-state index contributed by atoms with van der Waals surface area (Å²) in [6.45, 7) is 1.30. The van der Waals surface area contributed by atoms with Crippen molar-refractivity contribution in [1.82, 2.24) is 5.32 Å². The van der Waals surface area contributed by atoms with Crippen molar-refractivity contribution < 1.29 is 33.7 Å². The molecule has 0 aromatic heterocycles. The number of likely N-dealkylation sites (N-methyl/N-ethyl adjacent to an activating group) is 1. The summed E-state index contributed by atoms with van der Waals surface area (Å²) in [4.78, 5) is 33.6. The molecule has 3 atom stereocenters. The van der Waals surface area contributed by atoms with Gasteiger partial charge in [0.2, 0.25) is 0 Å². The van der Waals surface area contributed by atoms with Crippen LogP contribution in [0.5, 0.6) is 0 Å². The Morgan fingerprint density at radius 3 is 2.63 bits per heavy atom. The fourth-order valence-electron chi connectivity index (χ4n) is 1.38. The molecule has 1 fully saturated rings. The Labute approximate surface area is 110 Å². The van der Waals surface area contributed by atoms with Crippen molar-refractivity contribution in [3.8, 4) is 0 Å². The molecule has 8 heteroatoms. The molecule has 0 aliphatic carbocycles. The number of ketones is 1. The first-order valence-electron chi connectivity index (χ1n) is 5.84. The van der Waals surface area contributed by atoms with Gasteiger partial charge in [0.25, 0.3) is 0 Å². The molecule has 1 heterocycles. The lowest BCUT2D eigenvalue weighted by molar-refractivity contribution is -0.152. The average molecular weight is 275 g/mol. The molecule has 0 radical (unpaired) electrons. The summed E-state index contributed by atoms with van der Waals surface area (Å²) in [6.07, 6.45) is -2.95. The highest BCUT2D eigenvalue weighted by molar-refractivity contribution is 5.97. The van der Waals surface area contributed by atoms with Gasteiger partial charge in [-0.15, -0.1) is 0 Å². The summed E-state index contributed by atoms with van der Waals surface area (Å²) in [6, 6.07) is 0. The van der Waals surface area contributed by atoms with E-state index in [0.29, 0.717) is 0 Å². The van der Waals surface area contributed by atoms with Gasteiger partial charge in [-0.2, -0.15) is 0 Å². The van der Waals surface area contributed by atoms with Crippen LogP contribution in [0.15, 0.2) is 0 Å². The number of nitrogens with one attached hydrogen (secondary N) is 1. The highest BCUT2D eigenvalue weighted by Crippen LogP contribution is 2.25. The molecule has 1 aliphatic rings. The van der Waals surface area contributed by atoms with Crippen molar-refractivity contribution in [1.29, 1.82) is 0 Å². The first-order valence-corrected chi connectivity index (χ1v) is 5.84. The molecule has 1 saturated heterocycles. The number of aliphatic hydroxyl groups is 1. The maximum atomic E-state index is 11.4. The highest BCUT2D eigenvalue weighted by atomic mass is 16.6. The van der Waals surface area contributed by atoms with Crippen molar-refractivity contribution in [3.05, 3.63) is 0 Å². The SMILES string of the molecule is CCOC(=O)CC(=O)COC(=O)C1OC1C(O)NC. The lowest BCUT2D eigenvalue weighted by Gasteiger charge is -2.05. The average Bonchev–Trinajstić information content (AvgIpc) is 3.15. The van der Waals surface area contributed by atoms with E-state index in [1.165, 1.54) is 7.05 Å². The fraction of sp³-hybridized carbons (Fsp3) is 0.727. The Kier molecular flexibility index (Phi) is 5.87. The Hall–Kier alpha value is -1.51. The van der Waals surface area contributed by atoms with Crippen molar-refractivity contribution in [3.63, 3.8) is 0 Å². The smallest absolute Gasteiger partial charge is 0.338 e. The van der Waals surface area contributed by atoms with E-state index in [1.807, 2.05) is 0 Å². The van der Waals surface area contributed by atoms with E-state index in [0.717, 1.165) is 0 Å². The third-order valence-corrected chi connectivity index (χ3v) is 2.39. The fourth-order valence-corrected chi connectivity index (χ4v) is 1.38. The number of esters is 2. The minimum absolute atomic E-state index is 0.186. The third-order valence-electron chi connectivity index (χ3n) is 2.39. The van der Waals surface area contributed by atoms with E-state index < -0.39 is 49.2 Å². The van der Waals surface area contributed by atoms with Crippen LogP contribution in [0.2, 0.25) is 0 Å². The van der Waals surface area contributed by atoms with E-state index in [1.54, 1.807) is 6.92 Å². The molecule has 0 amide bonds. The van der Waals surface area contributed by atoms with Crippen LogP contribution in [-0.4, -0.2) is 61.5 Å². The van der Waals surface area contributed by atoms with Gasteiger partial charge >= 0.3 is 11.9 Å². The Balaban J connectivity index is 2.21. The van der Waals surface area contributed by atoms with Crippen LogP contribution >= 0.6 is 0 Å². The maximum Gasteiger partial charge on any atom is 0.338 e. The molecule has 108 valence electrons. The Morgan fingerprint density at radius 2 is 2.05 bits per heavy atom. The minimum atomic E-state index is -0.965. The quantitative estimate of drug-likeness (QED) is 0.234. The standard InChI is InChI=1S/C11H17NO7/c1-3-17-7(14)4-6(13)5-18-11(16)9-8(19-9)10(15)12-2/h8-10,12,15H,3-5H2,1-2H3. The number of Topliss-reactive ketones (excluding diaryl/α,β-unsaturated/α-hetero) is 1. The van der Waals surface area contributed by atoms with Crippen molar-refractivity contribution in [2.24, 2.45) is 0 Å². The molecule has 0 aromatic carbocycles. The second kappa shape index (κ2) is 7.17. The van der Waals surface area contributed by atoms with Gasteiger partial charge in [0.1, 0.15) is 18.8 Å². The first kappa shape index (κ1) is 15.5. The molecule has 3 unspecified atom stereocenters. The van der Waals surface area contributed by atoms with Gasteiger partial charge < -0.3 is 19.3 Å². The van der Waals surface area contributed by atoms with E-state index in [4.69, 9.17) is 4.74 Å². The molecule has 0 aromatic rings. The minimum Gasteiger partial charge on any atom is -0.466 e. The molecule has 19 heavy (non-hydrogen) atoms. The van der Waals surface area contributed by atoms with Gasteiger partial charge in [-0.25, -0.2) is 4.79 Å². The molecular weight excluding hydrogens is 258 g/mol. The number of hydrogen-bond donors (Lipinski definition) is 2. The Bertz CT molecular complexity index is 357. The predicted molar refractivity (Wildman–Crippen MR) is 60.9 cm³/mol. The molecule has 2 N–H and O–H groups in total. The summed E-state index contributed by atoms with van der Waals surface area (Å²) in [5, 5.41) is 11.8. The van der Waals surface area contributed by atoms with Gasteiger partial charge in [-0.3, -0.25) is 14.9 Å². The van der Waals surface area contributed by atoms with Crippen LogP contribution in [-0.2, 0) is 28.6 Å². The largest absolute Gasteiger partial charge is 0.466 e. The number of carbonyl (C=O) groups is 3. The molecule has 0 bridgehead atoms. The van der Waals surface area contributed by atoms with Crippen molar-refractivity contribution in [2.75, 3.05) is 20.3 Å². The number of rotatable bonds is 8. The first-order chi connectivity index (χ1) is 8.99. The zero-order valence-corrected chi connectivity index (χ0v) is 10.8.